The van der Waals surface area contributed by atoms with Crippen LogP contribution in [-0.4, -0.2) is 37.2 Å². The smallest absolute Gasteiger partial charge is 0.306 e. The maximum atomic E-state index is 12.9. The first-order valence-electron chi connectivity index (χ1n) is 29.8. The molecular weight excluding hydrogens is 829 g/mol. The van der Waals surface area contributed by atoms with Crippen molar-refractivity contribution < 1.29 is 28.6 Å². The van der Waals surface area contributed by atoms with E-state index in [1.54, 1.807) is 0 Å². The van der Waals surface area contributed by atoms with Crippen molar-refractivity contribution in [2.75, 3.05) is 13.2 Å². The minimum Gasteiger partial charge on any atom is -0.462 e. The van der Waals surface area contributed by atoms with E-state index < -0.39 is 6.10 Å². The van der Waals surface area contributed by atoms with Gasteiger partial charge in [0.25, 0.3) is 0 Å². The van der Waals surface area contributed by atoms with Crippen LogP contribution in [0.4, 0.5) is 0 Å². The van der Waals surface area contributed by atoms with Gasteiger partial charge in [0.2, 0.25) is 0 Å². The summed E-state index contributed by atoms with van der Waals surface area (Å²) in [7, 11) is 0. The largest absolute Gasteiger partial charge is 0.462 e. The number of esters is 3. The molecule has 0 saturated carbocycles. The third-order valence-electron chi connectivity index (χ3n) is 13.4. The number of allylic oxidation sites excluding steroid dienone is 4. The lowest BCUT2D eigenvalue weighted by molar-refractivity contribution is -0.167. The van der Waals surface area contributed by atoms with Gasteiger partial charge in [-0.05, 0) is 70.6 Å². The lowest BCUT2D eigenvalue weighted by Crippen LogP contribution is -2.30. The molecule has 0 spiro atoms. The standard InChI is InChI=1S/C61H114O6/c1-4-7-10-13-16-19-22-25-27-29-30-32-33-36-39-42-45-48-51-54-60(63)66-57-58(56-65-59(62)53-50-47-44-41-38-35-24-21-18-15-12-9-6-3)67-61(64)55-52-49-46-43-40-37-34-31-28-26-23-20-17-14-11-8-5-2/h26,28,35,38,58H,4-25,27,29-34,36-37,39-57H2,1-3H3/b28-26-,38-35-. The van der Waals surface area contributed by atoms with Gasteiger partial charge in [0.15, 0.2) is 6.10 Å². The molecule has 0 aliphatic carbocycles. The van der Waals surface area contributed by atoms with Gasteiger partial charge in [-0.2, -0.15) is 0 Å². The van der Waals surface area contributed by atoms with Crippen molar-refractivity contribution in [2.45, 2.75) is 335 Å². The van der Waals surface area contributed by atoms with E-state index in [0.717, 1.165) is 70.6 Å². The fraction of sp³-hybridized carbons (Fsp3) is 0.885. The lowest BCUT2D eigenvalue weighted by Gasteiger charge is -2.18. The van der Waals surface area contributed by atoms with Gasteiger partial charge in [0.05, 0.1) is 0 Å². The van der Waals surface area contributed by atoms with E-state index in [2.05, 4.69) is 45.1 Å². The quantitative estimate of drug-likeness (QED) is 0.0262. The lowest BCUT2D eigenvalue weighted by atomic mass is 10.0. The Morgan fingerprint density at radius 2 is 0.493 bits per heavy atom. The van der Waals surface area contributed by atoms with Crippen LogP contribution in [0.3, 0.4) is 0 Å². The molecule has 0 aromatic carbocycles. The molecule has 0 aliphatic heterocycles. The Morgan fingerprint density at radius 3 is 0.761 bits per heavy atom. The van der Waals surface area contributed by atoms with Crippen molar-refractivity contribution in [1.82, 2.24) is 0 Å². The average Bonchev–Trinajstić information content (AvgIpc) is 3.33. The molecule has 6 heteroatoms. The van der Waals surface area contributed by atoms with Gasteiger partial charge in [0.1, 0.15) is 13.2 Å². The zero-order valence-electron chi connectivity index (χ0n) is 45.2. The Bertz CT molecular complexity index is 1080. The zero-order chi connectivity index (χ0) is 48.6. The summed E-state index contributed by atoms with van der Waals surface area (Å²) in [6, 6.07) is 0. The number of carbonyl (C=O) groups is 3. The summed E-state index contributed by atoms with van der Waals surface area (Å²) >= 11 is 0. The van der Waals surface area contributed by atoms with Crippen LogP contribution in [0.15, 0.2) is 24.3 Å². The van der Waals surface area contributed by atoms with Gasteiger partial charge in [-0.15, -0.1) is 0 Å². The zero-order valence-corrected chi connectivity index (χ0v) is 45.2. The van der Waals surface area contributed by atoms with Gasteiger partial charge in [0, 0.05) is 19.3 Å². The first-order valence-corrected chi connectivity index (χ1v) is 29.8. The minimum atomic E-state index is -0.776. The summed E-state index contributed by atoms with van der Waals surface area (Å²) in [5, 5.41) is 0. The van der Waals surface area contributed by atoms with Crippen LogP contribution in [0.1, 0.15) is 329 Å². The second-order valence-electron chi connectivity index (χ2n) is 20.3. The summed E-state index contributed by atoms with van der Waals surface area (Å²) in [6.07, 6.45) is 66.0. The van der Waals surface area contributed by atoms with Crippen LogP contribution >= 0.6 is 0 Å². The summed E-state index contributed by atoms with van der Waals surface area (Å²) in [5.41, 5.74) is 0. The van der Waals surface area contributed by atoms with E-state index in [1.165, 1.54) is 218 Å². The van der Waals surface area contributed by atoms with Crippen molar-refractivity contribution in [3.8, 4) is 0 Å². The minimum absolute atomic E-state index is 0.0731. The van der Waals surface area contributed by atoms with E-state index in [-0.39, 0.29) is 31.1 Å². The molecule has 0 heterocycles. The van der Waals surface area contributed by atoms with Crippen LogP contribution in [0, 0.1) is 0 Å². The molecule has 0 amide bonds. The Hall–Kier alpha value is -2.11. The van der Waals surface area contributed by atoms with Crippen LogP contribution in [0.2, 0.25) is 0 Å². The molecule has 0 aromatic heterocycles. The number of hydrogen-bond acceptors (Lipinski definition) is 6. The fourth-order valence-corrected chi connectivity index (χ4v) is 8.91. The number of rotatable bonds is 55. The third-order valence-corrected chi connectivity index (χ3v) is 13.4. The highest BCUT2D eigenvalue weighted by atomic mass is 16.6. The highest BCUT2D eigenvalue weighted by Gasteiger charge is 2.19. The van der Waals surface area contributed by atoms with Crippen molar-refractivity contribution in [1.29, 1.82) is 0 Å². The van der Waals surface area contributed by atoms with E-state index in [4.69, 9.17) is 14.2 Å². The molecular formula is C61H114O6. The topological polar surface area (TPSA) is 78.9 Å². The monoisotopic (exact) mass is 943 g/mol. The van der Waals surface area contributed by atoms with Crippen molar-refractivity contribution in [3.05, 3.63) is 24.3 Å². The van der Waals surface area contributed by atoms with Crippen LogP contribution in [0.5, 0.6) is 0 Å². The Morgan fingerprint density at radius 1 is 0.284 bits per heavy atom. The number of unbranched alkanes of at least 4 members (excludes halogenated alkanes) is 40. The van der Waals surface area contributed by atoms with Crippen molar-refractivity contribution >= 4 is 17.9 Å². The molecule has 0 radical (unpaired) electrons. The maximum Gasteiger partial charge on any atom is 0.306 e. The van der Waals surface area contributed by atoms with Crippen LogP contribution in [0.25, 0.3) is 0 Å². The predicted octanol–water partition coefficient (Wildman–Crippen LogP) is 19.9. The van der Waals surface area contributed by atoms with Crippen molar-refractivity contribution in [2.24, 2.45) is 0 Å². The Labute approximate surface area is 417 Å². The SMILES string of the molecule is CCCCCCCC/C=C\CCCCCCCCCC(=O)OC(COC(=O)CCCCC/C=C\CCCCCCCC)COC(=O)CCCCCCCCCCCCCCCCCCCCC. The molecule has 1 atom stereocenters. The normalized spacial score (nSPS) is 12.1. The first kappa shape index (κ1) is 64.9. The Balaban J connectivity index is 4.32. The molecule has 394 valence electrons. The highest BCUT2D eigenvalue weighted by molar-refractivity contribution is 5.71. The molecule has 0 rings (SSSR count). The van der Waals surface area contributed by atoms with Gasteiger partial charge in [-0.25, -0.2) is 0 Å². The van der Waals surface area contributed by atoms with Gasteiger partial charge < -0.3 is 14.2 Å². The molecule has 0 bridgehead atoms. The number of hydrogen-bond donors (Lipinski definition) is 0. The average molecular weight is 944 g/mol. The van der Waals surface area contributed by atoms with E-state index in [0.29, 0.717) is 19.3 Å². The second-order valence-corrected chi connectivity index (χ2v) is 20.3. The third kappa shape index (κ3) is 54.7. The van der Waals surface area contributed by atoms with E-state index in [9.17, 15) is 14.4 Å². The number of carbonyl (C=O) groups excluding carboxylic acids is 3. The highest BCUT2D eigenvalue weighted by Crippen LogP contribution is 2.17. The molecule has 1 unspecified atom stereocenters. The summed E-state index contributed by atoms with van der Waals surface area (Å²) < 4.78 is 16.9. The fourth-order valence-electron chi connectivity index (χ4n) is 8.91. The van der Waals surface area contributed by atoms with Gasteiger partial charge >= 0.3 is 17.9 Å². The molecule has 0 saturated heterocycles. The molecule has 0 aliphatic rings. The van der Waals surface area contributed by atoms with Crippen LogP contribution < -0.4 is 0 Å². The predicted molar refractivity (Wildman–Crippen MR) is 289 cm³/mol. The van der Waals surface area contributed by atoms with Crippen molar-refractivity contribution in [3.63, 3.8) is 0 Å². The molecule has 0 fully saturated rings. The molecule has 67 heavy (non-hydrogen) atoms. The van der Waals surface area contributed by atoms with Crippen LogP contribution in [-0.2, 0) is 28.6 Å². The summed E-state index contributed by atoms with van der Waals surface area (Å²) in [6.45, 7) is 6.66. The van der Waals surface area contributed by atoms with E-state index >= 15 is 0 Å². The maximum absolute atomic E-state index is 12.9. The number of ether oxygens (including phenoxy) is 3. The van der Waals surface area contributed by atoms with E-state index in [1.807, 2.05) is 0 Å². The Kier molecular flexibility index (Phi) is 54.7. The first-order chi connectivity index (χ1) is 33.0. The second kappa shape index (κ2) is 56.5. The van der Waals surface area contributed by atoms with Gasteiger partial charge in [-0.3, -0.25) is 14.4 Å². The summed E-state index contributed by atoms with van der Waals surface area (Å²) in [5.74, 6) is -0.873. The summed E-state index contributed by atoms with van der Waals surface area (Å²) in [4.78, 5) is 38.2. The van der Waals surface area contributed by atoms with Gasteiger partial charge in [-0.1, -0.05) is 263 Å². The molecule has 0 aromatic rings. The molecule has 0 N–H and O–H groups in total. The molecule has 6 nitrogen and oxygen atoms in total.